The van der Waals surface area contributed by atoms with Crippen LogP contribution in [0.3, 0.4) is 0 Å². The first-order chi connectivity index (χ1) is 8.72. The fourth-order valence-electron chi connectivity index (χ4n) is 1.44. The summed E-state index contributed by atoms with van der Waals surface area (Å²) in [4.78, 5) is 1.76. The van der Waals surface area contributed by atoms with Crippen LogP contribution in [0.2, 0.25) is 5.02 Å². The molecule has 88 valence electrons. The van der Waals surface area contributed by atoms with Gasteiger partial charge in [0.15, 0.2) is 0 Å². The number of nitriles is 2. The normalized spacial score (nSPS) is 9.50. The van der Waals surface area contributed by atoms with E-state index in [2.05, 4.69) is 11.4 Å². The fourth-order valence-corrected chi connectivity index (χ4v) is 2.35. The molecule has 2 rings (SSSR count). The molecule has 2 aromatic rings. The van der Waals surface area contributed by atoms with Gasteiger partial charge >= 0.3 is 0 Å². The monoisotopic (exact) mass is 273 g/mol. The third-order valence-corrected chi connectivity index (χ3v) is 3.64. The SMILES string of the molecule is N#Cc1ccc(CNc2ccc(Cl)c(C#N)c2)s1. The van der Waals surface area contributed by atoms with E-state index < -0.39 is 0 Å². The molecule has 0 amide bonds. The molecule has 0 atom stereocenters. The Hall–Kier alpha value is -2.01. The van der Waals surface area contributed by atoms with Crippen molar-refractivity contribution in [3.63, 3.8) is 0 Å². The van der Waals surface area contributed by atoms with Crippen LogP contribution in [-0.4, -0.2) is 0 Å². The highest BCUT2D eigenvalue weighted by Crippen LogP contribution is 2.21. The van der Waals surface area contributed by atoms with Crippen molar-refractivity contribution >= 4 is 28.6 Å². The minimum absolute atomic E-state index is 0.450. The zero-order chi connectivity index (χ0) is 13.0. The van der Waals surface area contributed by atoms with Crippen LogP contribution in [0.1, 0.15) is 15.3 Å². The Kier molecular flexibility index (Phi) is 3.84. The smallest absolute Gasteiger partial charge is 0.110 e. The third-order valence-electron chi connectivity index (χ3n) is 2.33. The van der Waals surface area contributed by atoms with E-state index in [-0.39, 0.29) is 0 Å². The molecule has 5 heteroatoms. The zero-order valence-electron chi connectivity index (χ0n) is 9.27. The van der Waals surface area contributed by atoms with Gasteiger partial charge in [0.05, 0.1) is 10.6 Å². The molecule has 3 nitrogen and oxygen atoms in total. The standard InChI is InChI=1S/C13H8ClN3S/c14-13-4-1-10(5-9(13)6-15)17-8-12-3-2-11(7-16)18-12/h1-5,17H,8H2. The summed E-state index contributed by atoms with van der Waals surface area (Å²) < 4.78 is 0. The Morgan fingerprint density at radius 2 is 2.00 bits per heavy atom. The summed E-state index contributed by atoms with van der Waals surface area (Å²) in [7, 11) is 0. The molecule has 0 radical (unpaired) electrons. The van der Waals surface area contributed by atoms with Crippen LogP contribution in [0.15, 0.2) is 30.3 Å². The number of halogens is 1. The Morgan fingerprint density at radius 1 is 1.17 bits per heavy atom. The summed E-state index contributed by atoms with van der Waals surface area (Å²) in [5, 5.41) is 21.2. The van der Waals surface area contributed by atoms with Gasteiger partial charge in [0.1, 0.15) is 17.0 Å². The summed E-state index contributed by atoms with van der Waals surface area (Å²) in [5.74, 6) is 0. The van der Waals surface area contributed by atoms with Gasteiger partial charge in [-0.3, -0.25) is 0 Å². The minimum Gasteiger partial charge on any atom is -0.380 e. The second-order valence-electron chi connectivity index (χ2n) is 3.54. The second-order valence-corrected chi connectivity index (χ2v) is 5.11. The molecule has 0 bridgehead atoms. The maximum absolute atomic E-state index is 8.87. The Labute approximate surface area is 114 Å². The van der Waals surface area contributed by atoms with Crippen molar-refractivity contribution in [1.29, 1.82) is 10.5 Å². The summed E-state index contributed by atoms with van der Waals surface area (Å²) in [6.07, 6.45) is 0. The Bertz CT molecular complexity index is 649. The van der Waals surface area contributed by atoms with Crippen LogP contribution in [0.4, 0.5) is 5.69 Å². The van der Waals surface area contributed by atoms with Crippen LogP contribution in [-0.2, 0) is 6.54 Å². The zero-order valence-corrected chi connectivity index (χ0v) is 10.8. The van der Waals surface area contributed by atoms with Crippen LogP contribution in [0, 0.1) is 22.7 Å². The van der Waals surface area contributed by atoms with Crippen molar-refractivity contribution in [3.8, 4) is 12.1 Å². The molecule has 0 spiro atoms. The molecular weight excluding hydrogens is 266 g/mol. The lowest BCUT2D eigenvalue weighted by molar-refractivity contribution is 1.19. The summed E-state index contributed by atoms with van der Waals surface area (Å²) in [5.41, 5.74) is 1.29. The highest BCUT2D eigenvalue weighted by atomic mass is 35.5. The number of thiophene rings is 1. The number of nitrogens with one attached hydrogen (secondary N) is 1. The molecular formula is C13H8ClN3S. The Morgan fingerprint density at radius 3 is 2.67 bits per heavy atom. The Balaban J connectivity index is 2.07. The topological polar surface area (TPSA) is 59.6 Å². The molecule has 0 aliphatic heterocycles. The van der Waals surface area contributed by atoms with Gasteiger partial charge in [0, 0.05) is 17.1 Å². The van der Waals surface area contributed by atoms with Gasteiger partial charge in [-0.2, -0.15) is 10.5 Å². The van der Waals surface area contributed by atoms with E-state index in [4.69, 9.17) is 22.1 Å². The predicted octanol–water partition coefficient (Wildman–Crippen LogP) is 3.76. The van der Waals surface area contributed by atoms with E-state index in [1.165, 1.54) is 11.3 Å². The van der Waals surface area contributed by atoms with Gasteiger partial charge in [0.25, 0.3) is 0 Å². The fraction of sp³-hybridized carbons (Fsp3) is 0.0769. The maximum atomic E-state index is 8.87. The molecule has 1 N–H and O–H groups in total. The van der Waals surface area contributed by atoms with Crippen LogP contribution in [0.25, 0.3) is 0 Å². The van der Waals surface area contributed by atoms with Crippen LogP contribution < -0.4 is 5.32 Å². The maximum Gasteiger partial charge on any atom is 0.110 e. The van der Waals surface area contributed by atoms with E-state index >= 15 is 0 Å². The average Bonchev–Trinajstić information content (AvgIpc) is 2.86. The molecule has 1 aromatic heterocycles. The highest BCUT2D eigenvalue weighted by molar-refractivity contribution is 7.12. The summed E-state index contributed by atoms with van der Waals surface area (Å²) in [6, 6.07) is 13.1. The lowest BCUT2D eigenvalue weighted by Gasteiger charge is -2.05. The first-order valence-corrected chi connectivity index (χ1v) is 6.34. The van der Waals surface area contributed by atoms with Crippen molar-refractivity contribution in [2.45, 2.75) is 6.54 Å². The van der Waals surface area contributed by atoms with Gasteiger partial charge in [0.2, 0.25) is 0 Å². The van der Waals surface area contributed by atoms with Gasteiger partial charge in [-0.15, -0.1) is 11.3 Å². The molecule has 0 aliphatic carbocycles. The molecule has 1 heterocycles. The molecule has 0 saturated heterocycles. The van der Waals surface area contributed by atoms with Crippen LogP contribution in [0.5, 0.6) is 0 Å². The van der Waals surface area contributed by atoms with E-state index in [0.717, 1.165) is 10.6 Å². The predicted molar refractivity (Wildman–Crippen MR) is 72.5 cm³/mol. The number of benzene rings is 1. The lowest BCUT2D eigenvalue weighted by atomic mass is 10.2. The van der Waals surface area contributed by atoms with Gasteiger partial charge < -0.3 is 5.32 Å². The van der Waals surface area contributed by atoms with Crippen LogP contribution >= 0.6 is 22.9 Å². The van der Waals surface area contributed by atoms with Gasteiger partial charge in [-0.1, -0.05) is 11.6 Å². The van der Waals surface area contributed by atoms with Crippen molar-refractivity contribution in [3.05, 3.63) is 50.7 Å². The van der Waals surface area contributed by atoms with Crippen molar-refractivity contribution in [1.82, 2.24) is 0 Å². The van der Waals surface area contributed by atoms with Gasteiger partial charge in [-0.25, -0.2) is 0 Å². The quantitative estimate of drug-likeness (QED) is 0.926. The highest BCUT2D eigenvalue weighted by Gasteiger charge is 2.02. The van der Waals surface area contributed by atoms with E-state index in [0.29, 0.717) is 22.0 Å². The number of nitrogens with zero attached hydrogens (tertiary/aromatic N) is 2. The number of rotatable bonds is 3. The molecule has 0 saturated carbocycles. The number of anilines is 1. The van der Waals surface area contributed by atoms with Crippen molar-refractivity contribution < 1.29 is 0 Å². The first kappa shape index (κ1) is 12.4. The summed E-state index contributed by atoms with van der Waals surface area (Å²) in [6.45, 7) is 0.624. The molecule has 0 fully saturated rings. The molecule has 18 heavy (non-hydrogen) atoms. The van der Waals surface area contributed by atoms with Gasteiger partial charge in [-0.05, 0) is 30.3 Å². The average molecular weight is 274 g/mol. The minimum atomic E-state index is 0.450. The van der Waals surface area contributed by atoms with Crippen molar-refractivity contribution in [2.75, 3.05) is 5.32 Å². The second kappa shape index (κ2) is 5.55. The first-order valence-electron chi connectivity index (χ1n) is 5.15. The molecule has 0 unspecified atom stereocenters. The molecule has 1 aromatic carbocycles. The summed E-state index contributed by atoms with van der Waals surface area (Å²) >= 11 is 7.30. The van der Waals surface area contributed by atoms with E-state index in [1.807, 2.05) is 18.2 Å². The largest absolute Gasteiger partial charge is 0.380 e. The number of hydrogen-bond donors (Lipinski definition) is 1. The number of hydrogen-bond acceptors (Lipinski definition) is 4. The molecule has 0 aliphatic rings. The lowest BCUT2D eigenvalue weighted by Crippen LogP contribution is -1.97. The van der Waals surface area contributed by atoms with E-state index in [9.17, 15) is 0 Å². The third kappa shape index (κ3) is 2.81. The van der Waals surface area contributed by atoms with Crippen molar-refractivity contribution in [2.24, 2.45) is 0 Å². The van der Waals surface area contributed by atoms with E-state index in [1.54, 1.807) is 18.2 Å².